The standard InChI is InChI=1S/C16H13BrN2O3/c1-9(22-16(21)14-6-10(17)7-18-14)15(20)12-8-19-13-5-3-2-4-11(12)13/h2-9,18-19H,1H3. The molecular formula is C16H13BrN2O3. The molecule has 0 saturated heterocycles. The largest absolute Gasteiger partial charge is 0.450 e. The van der Waals surface area contributed by atoms with Crippen molar-refractivity contribution >= 4 is 38.6 Å². The third-order valence-corrected chi connectivity index (χ3v) is 3.83. The minimum atomic E-state index is -0.867. The van der Waals surface area contributed by atoms with Gasteiger partial charge < -0.3 is 14.7 Å². The van der Waals surface area contributed by atoms with Gasteiger partial charge in [-0.15, -0.1) is 0 Å². The van der Waals surface area contributed by atoms with E-state index in [4.69, 9.17) is 4.74 Å². The Balaban J connectivity index is 1.78. The Hall–Kier alpha value is -2.34. The lowest BCUT2D eigenvalue weighted by molar-refractivity contribution is 0.0314. The van der Waals surface area contributed by atoms with Gasteiger partial charge in [0, 0.05) is 33.3 Å². The first-order chi connectivity index (χ1) is 10.6. The molecule has 2 aromatic heterocycles. The summed E-state index contributed by atoms with van der Waals surface area (Å²) in [5.74, 6) is -0.803. The number of para-hydroxylation sites is 1. The number of fused-ring (bicyclic) bond motifs is 1. The van der Waals surface area contributed by atoms with E-state index in [1.165, 1.54) is 0 Å². The van der Waals surface area contributed by atoms with E-state index in [-0.39, 0.29) is 5.78 Å². The van der Waals surface area contributed by atoms with Crippen LogP contribution in [0.25, 0.3) is 10.9 Å². The molecule has 112 valence electrons. The van der Waals surface area contributed by atoms with Crippen LogP contribution in [0.2, 0.25) is 0 Å². The molecule has 0 amide bonds. The monoisotopic (exact) mass is 360 g/mol. The highest BCUT2D eigenvalue weighted by Gasteiger charge is 2.23. The molecule has 2 heterocycles. The molecule has 1 unspecified atom stereocenters. The Labute approximate surface area is 134 Å². The number of H-pyrrole nitrogens is 2. The molecule has 22 heavy (non-hydrogen) atoms. The molecule has 3 aromatic rings. The molecule has 0 radical (unpaired) electrons. The van der Waals surface area contributed by atoms with Crippen LogP contribution in [0.1, 0.15) is 27.8 Å². The molecule has 3 rings (SSSR count). The zero-order chi connectivity index (χ0) is 15.7. The number of rotatable bonds is 4. The van der Waals surface area contributed by atoms with Gasteiger partial charge >= 0.3 is 5.97 Å². The molecule has 0 bridgehead atoms. The fraction of sp³-hybridized carbons (Fsp3) is 0.125. The van der Waals surface area contributed by atoms with Crippen molar-refractivity contribution in [1.29, 1.82) is 0 Å². The molecule has 0 aliphatic rings. The second-order valence-electron chi connectivity index (χ2n) is 4.89. The number of hydrogen-bond donors (Lipinski definition) is 2. The third kappa shape index (κ3) is 2.69. The van der Waals surface area contributed by atoms with Crippen LogP contribution in [0.3, 0.4) is 0 Å². The van der Waals surface area contributed by atoms with Gasteiger partial charge in [-0.05, 0) is 35.0 Å². The van der Waals surface area contributed by atoms with Crippen LogP contribution in [0.15, 0.2) is 47.2 Å². The number of aromatic amines is 2. The van der Waals surface area contributed by atoms with Crippen LogP contribution in [-0.2, 0) is 4.74 Å². The maximum atomic E-state index is 12.5. The predicted molar refractivity (Wildman–Crippen MR) is 86.0 cm³/mol. The fourth-order valence-electron chi connectivity index (χ4n) is 2.26. The molecule has 0 saturated carbocycles. The summed E-state index contributed by atoms with van der Waals surface area (Å²) in [7, 11) is 0. The summed E-state index contributed by atoms with van der Waals surface area (Å²) < 4.78 is 5.98. The number of carbonyl (C=O) groups is 2. The van der Waals surface area contributed by atoms with E-state index < -0.39 is 12.1 Å². The summed E-state index contributed by atoms with van der Waals surface area (Å²) in [6.07, 6.45) is 2.40. The van der Waals surface area contributed by atoms with Gasteiger partial charge in [0.2, 0.25) is 5.78 Å². The first kappa shape index (κ1) is 14.6. The van der Waals surface area contributed by atoms with Crippen molar-refractivity contribution in [3.05, 3.63) is 58.5 Å². The Morgan fingerprint density at radius 2 is 1.95 bits per heavy atom. The zero-order valence-electron chi connectivity index (χ0n) is 11.7. The molecule has 0 spiro atoms. The van der Waals surface area contributed by atoms with Gasteiger partial charge in [0.1, 0.15) is 5.69 Å². The Kier molecular flexibility index (Phi) is 3.85. The molecule has 5 nitrogen and oxygen atoms in total. The molecule has 0 fully saturated rings. The lowest BCUT2D eigenvalue weighted by atomic mass is 10.1. The first-order valence-corrected chi connectivity index (χ1v) is 7.51. The van der Waals surface area contributed by atoms with Crippen molar-refractivity contribution in [2.24, 2.45) is 0 Å². The van der Waals surface area contributed by atoms with Crippen molar-refractivity contribution in [1.82, 2.24) is 9.97 Å². The van der Waals surface area contributed by atoms with Crippen LogP contribution < -0.4 is 0 Å². The minimum Gasteiger partial charge on any atom is -0.450 e. The number of ketones is 1. The number of hydrogen-bond acceptors (Lipinski definition) is 3. The number of benzene rings is 1. The predicted octanol–water partition coefficient (Wildman–Crippen LogP) is 3.69. The van der Waals surface area contributed by atoms with Crippen LogP contribution in [0.5, 0.6) is 0 Å². The van der Waals surface area contributed by atoms with Gasteiger partial charge in [0.05, 0.1) is 0 Å². The van der Waals surface area contributed by atoms with Crippen LogP contribution >= 0.6 is 15.9 Å². The number of Topliss-reactive ketones (excluding diaryl/α,β-unsaturated/α-hetero) is 1. The summed E-state index contributed by atoms with van der Waals surface area (Å²) >= 11 is 3.24. The average molecular weight is 361 g/mol. The Bertz CT molecular complexity index is 850. The molecule has 2 N–H and O–H groups in total. The minimum absolute atomic E-state index is 0.239. The summed E-state index contributed by atoms with van der Waals surface area (Å²) in [5, 5.41) is 0.818. The summed E-state index contributed by atoms with van der Waals surface area (Å²) in [5.41, 5.74) is 1.69. The second kappa shape index (κ2) is 5.81. The first-order valence-electron chi connectivity index (χ1n) is 6.71. The van der Waals surface area contributed by atoms with Gasteiger partial charge in [-0.1, -0.05) is 18.2 Å². The Morgan fingerprint density at radius 3 is 2.68 bits per heavy atom. The highest BCUT2D eigenvalue weighted by atomic mass is 79.9. The van der Waals surface area contributed by atoms with E-state index in [0.29, 0.717) is 11.3 Å². The van der Waals surface area contributed by atoms with Gasteiger partial charge in [0.15, 0.2) is 6.10 Å². The number of esters is 1. The molecule has 0 aliphatic carbocycles. The van der Waals surface area contributed by atoms with E-state index >= 15 is 0 Å². The van der Waals surface area contributed by atoms with Crippen molar-refractivity contribution < 1.29 is 14.3 Å². The summed E-state index contributed by atoms with van der Waals surface area (Å²) in [4.78, 5) is 30.3. The van der Waals surface area contributed by atoms with E-state index in [1.807, 2.05) is 24.3 Å². The van der Waals surface area contributed by atoms with E-state index in [9.17, 15) is 9.59 Å². The number of carbonyl (C=O) groups excluding carboxylic acids is 2. The quantitative estimate of drug-likeness (QED) is 0.550. The van der Waals surface area contributed by atoms with Gasteiger partial charge in [0.25, 0.3) is 0 Å². The number of ether oxygens (including phenoxy) is 1. The van der Waals surface area contributed by atoms with Crippen LogP contribution in [0.4, 0.5) is 0 Å². The maximum Gasteiger partial charge on any atom is 0.355 e. The molecule has 1 aromatic carbocycles. The van der Waals surface area contributed by atoms with Gasteiger partial charge in [-0.25, -0.2) is 4.79 Å². The summed E-state index contributed by atoms with van der Waals surface area (Å²) in [6, 6.07) is 9.10. The third-order valence-electron chi connectivity index (χ3n) is 3.38. The van der Waals surface area contributed by atoms with Gasteiger partial charge in [-0.3, -0.25) is 4.79 Å². The van der Waals surface area contributed by atoms with Gasteiger partial charge in [-0.2, -0.15) is 0 Å². The Morgan fingerprint density at radius 1 is 1.18 bits per heavy atom. The number of halogens is 1. The van der Waals surface area contributed by atoms with Crippen molar-refractivity contribution in [3.8, 4) is 0 Å². The number of aromatic nitrogens is 2. The number of nitrogens with one attached hydrogen (secondary N) is 2. The van der Waals surface area contributed by atoms with E-state index in [0.717, 1.165) is 15.4 Å². The van der Waals surface area contributed by atoms with Crippen molar-refractivity contribution in [2.75, 3.05) is 0 Å². The average Bonchev–Trinajstić information content (AvgIpc) is 3.12. The van der Waals surface area contributed by atoms with Crippen molar-refractivity contribution in [3.63, 3.8) is 0 Å². The van der Waals surface area contributed by atoms with E-state index in [2.05, 4.69) is 25.9 Å². The normalized spacial score (nSPS) is 12.3. The lowest BCUT2D eigenvalue weighted by Crippen LogP contribution is -2.24. The van der Waals surface area contributed by atoms with Crippen molar-refractivity contribution in [2.45, 2.75) is 13.0 Å². The molecule has 0 aliphatic heterocycles. The van der Waals surface area contributed by atoms with Crippen LogP contribution in [0, 0.1) is 0 Å². The fourth-order valence-corrected chi connectivity index (χ4v) is 2.60. The van der Waals surface area contributed by atoms with Crippen LogP contribution in [-0.4, -0.2) is 27.8 Å². The molecular weight excluding hydrogens is 348 g/mol. The smallest absolute Gasteiger partial charge is 0.355 e. The zero-order valence-corrected chi connectivity index (χ0v) is 13.3. The molecule has 1 atom stereocenters. The highest BCUT2D eigenvalue weighted by Crippen LogP contribution is 2.20. The SMILES string of the molecule is CC(OC(=O)c1cc(Br)c[nH]1)C(=O)c1c[nH]c2ccccc12. The topological polar surface area (TPSA) is 75.0 Å². The summed E-state index contributed by atoms with van der Waals surface area (Å²) in [6.45, 7) is 1.57. The van der Waals surface area contributed by atoms with E-state index in [1.54, 1.807) is 25.4 Å². The maximum absolute atomic E-state index is 12.5. The molecule has 6 heteroatoms. The lowest BCUT2D eigenvalue weighted by Gasteiger charge is -2.11. The second-order valence-corrected chi connectivity index (χ2v) is 5.81. The highest BCUT2D eigenvalue weighted by molar-refractivity contribution is 9.10.